The van der Waals surface area contributed by atoms with Crippen molar-refractivity contribution in [3.05, 3.63) is 35.7 Å². The van der Waals surface area contributed by atoms with E-state index in [9.17, 15) is 12.8 Å². The summed E-state index contributed by atoms with van der Waals surface area (Å²) >= 11 is 0. The predicted octanol–water partition coefficient (Wildman–Crippen LogP) is 2.77. The quantitative estimate of drug-likeness (QED) is 0.674. The summed E-state index contributed by atoms with van der Waals surface area (Å²) in [6, 6.07) is 3.42. The maximum absolute atomic E-state index is 13.3. The molecule has 2 N–H and O–H groups in total. The van der Waals surface area contributed by atoms with Crippen molar-refractivity contribution in [1.29, 1.82) is 0 Å². The summed E-state index contributed by atoms with van der Waals surface area (Å²) in [5, 5.41) is 0. The molecule has 0 atom stereocenters. The summed E-state index contributed by atoms with van der Waals surface area (Å²) in [4.78, 5) is -0.157. The third-order valence-electron chi connectivity index (χ3n) is 3.73. The zero-order valence-electron chi connectivity index (χ0n) is 12.6. The van der Waals surface area contributed by atoms with Crippen LogP contribution >= 0.6 is 0 Å². The van der Waals surface area contributed by atoms with Gasteiger partial charge in [0.15, 0.2) is 0 Å². The second-order valence-corrected chi connectivity index (χ2v) is 8.18. The molecule has 1 aromatic rings. The van der Waals surface area contributed by atoms with Gasteiger partial charge in [-0.3, -0.25) is 0 Å². The number of halogens is 1. The van der Waals surface area contributed by atoms with Crippen molar-refractivity contribution in [2.24, 2.45) is 5.41 Å². The minimum absolute atomic E-state index is 0.0355. The fourth-order valence-corrected chi connectivity index (χ4v) is 3.93. The fraction of sp³-hybridized carbons (Fsp3) is 0.467. The molecule has 1 aromatic carbocycles. The second-order valence-electron chi connectivity index (χ2n) is 6.27. The number of sulfonamides is 1. The second kappa shape index (κ2) is 5.42. The van der Waals surface area contributed by atoms with Crippen LogP contribution in [0.15, 0.2) is 34.7 Å². The van der Waals surface area contributed by atoms with Gasteiger partial charge in [-0.2, -0.15) is 4.31 Å². The van der Waals surface area contributed by atoms with Crippen LogP contribution in [-0.2, 0) is 10.0 Å². The average Bonchev–Trinajstić information content (AvgIpc) is 2.40. The fourth-order valence-electron chi connectivity index (χ4n) is 2.42. The van der Waals surface area contributed by atoms with E-state index in [0.29, 0.717) is 19.5 Å². The third kappa shape index (κ3) is 3.27. The van der Waals surface area contributed by atoms with Gasteiger partial charge in [0.05, 0.1) is 5.69 Å². The maximum atomic E-state index is 13.3. The zero-order valence-corrected chi connectivity index (χ0v) is 13.4. The molecule has 0 unspecified atom stereocenters. The maximum Gasteiger partial charge on any atom is 0.245 e. The van der Waals surface area contributed by atoms with Crippen LogP contribution < -0.4 is 5.73 Å². The van der Waals surface area contributed by atoms with E-state index in [1.807, 2.05) is 6.08 Å². The number of benzene rings is 1. The van der Waals surface area contributed by atoms with Crippen LogP contribution in [0.2, 0.25) is 0 Å². The molecule has 0 bridgehead atoms. The van der Waals surface area contributed by atoms with E-state index in [2.05, 4.69) is 20.8 Å². The first-order valence-electron chi connectivity index (χ1n) is 6.87. The molecule has 0 aromatic heterocycles. The molecule has 0 saturated carbocycles. The van der Waals surface area contributed by atoms with Crippen LogP contribution in [0.25, 0.3) is 0 Å². The van der Waals surface area contributed by atoms with E-state index in [1.54, 1.807) is 0 Å². The topological polar surface area (TPSA) is 63.4 Å². The first kappa shape index (κ1) is 16.0. The van der Waals surface area contributed by atoms with Gasteiger partial charge in [0, 0.05) is 13.1 Å². The number of nitrogens with zero attached hydrogens (tertiary/aromatic N) is 1. The Morgan fingerprint density at radius 1 is 1.29 bits per heavy atom. The van der Waals surface area contributed by atoms with Crippen molar-refractivity contribution in [2.75, 3.05) is 18.8 Å². The summed E-state index contributed by atoms with van der Waals surface area (Å²) in [6.07, 6.45) is 2.62. The highest BCUT2D eigenvalue weighted by Crippen LogP contribution is 2.32. The third-order valence-corrected chi connectivity index (χ3v) is 5.65. The molecule has 6 heteroatoms. The largest absolute Gasteiger partial charge is 0.398 e. The summed E-state index contributed by atoms with van der Waals surface area (Å²) < 4.78 is 39.8. The molecule has 1 aliphatic heterocycles. The van der Waals surface area contributed by atoms with Crippen LogP contribution in [0.4, 0.5) is 10.1 Å². The Labute approximate surface area is 125 Å². The molecular formula is C15H21FN2O2S. The van der Waals surface area contributed by atoms with Gasteiger partial charge in [0.25, 0.3) is 0 Å². The molecule has 0 radical (unpaired) electrons. The van der Waals surface area contributed by atoms with E-state index in [4.69, 9.17) is 5.73 Å². The van der Waals surface area contributed by atoms with Crippen molar-refractivity contribution in [2.45, 2.75) is 32.1 Å². The van der Waals surface area contributed by atoms with E-state index in [-0.39, 0.29) is 16.0 Å². The van der Waals surface area contributed by atoms with E-state index in [1.165, 1.54) is 15.9 Å². The van der Waals surface area contributed by atoms with E-state index < -0.39 is 15.8 Å². The molecule has 116 valence electrons. The van der Waals surface area contributed by atoms with Crippen LogP contribution in [0.5, 0.6) is 0 Å². The van der Waals surface area contributed by atoms with Crippen LogP contribution in [0.3, 0.4) is 0 Å². The lowest BCUT2D eigenvalue weighted by molar-refractivity contribution is 0.389. The van der Waals surface area contributed by atoms with Gasteiger partial charge < -0.3 is 5.73 Å². The lowest BCUT2D eigenvalue weighted by Crippen LogP contribution is -2.36. The highest BCUT2D eigenvalue weighted by atomic mass is 32.2. The van der Waals surface area contributed by atoms with Gasteiger partial charge in [-0.25, -0.2) is 12.8 Å². The molecule has 4 nitrogen and oxygen atoms in total. The first-order valence-corrected chi connectivity index (χ1v) is 8.31. The van der Waals surface area contributed by atoms with E-state index >= 15 is 0 Å². The number of nitrogen functional groups attached to an aromatic ring is 1. The Kier molecular flexibility index (Phi) is 4.13. The minimum atomic E-state index is -3.76. The van der Waals surface area contributed by atoms with Crippen LogP contribution in [0.1, 0.15) is 27.2 Å². The summed E-state index contributed by atoms with van der Waals surface area (Å²) in [7, 11) is -3.76. The van der Waals surface area contributed by atoms with Crippen molar-refractivity contribution in [3.63, 3.8) is 0 Å². The molecule has 0 amide bonds. The molecule has 0 aliphatic carbocycles. The van der Waals surface area contributed by atoms with Gasteiger partial charge in [0.2, 0.25) is 10.0 Å². The summed E-state index contributed by atoms with van der Waals surface area (Å²) in [5.41, 5.74) is 7.03. The molecule has 21 heavy (non-hydrogen) atoms. The Morgan fingerprint density at radius 3 is 2.48 bits per heavy atom. The van der Waals surface area contributed by atoms with Crippen molar-refractivity contribution < 1.29 is 12.8 Å². The number of hydrogen-bond donors (Lipinski definition) is 1. The molecule has 0 spiro atoms. The first-order chi connectivity index (χ1) is 9.62. The average molecular weight is 312 g/mol. The lowest BCUT2D eigenvalue weighted by atomic mass is 9.83. The Balaban J connectivity index is 2.31. The van der Waals surface area contributed by atoms with Gasteiger partial charge in [-0.15, -0.1) is 0 Å². The Hall–Kier alpha value is -1.40. The van der Waals surface area contributed by atoms with Gasteiger partial charge in [-0.1, -0.05) is 32.4 Å². The van der Waals surface area contributed by atoms with Crippen LogP contribution in [-0.4, -0.2) is 25.8 Å². The molecule has 1 heterocycles. The minimum Gasteiger partial charge on any atom is -0.398 e. The zero-order chi connectivity index (χ0) is 15.8. The normalized spacial score (nSPS) is 17.6. The van der Waals surface area contributed by atoms with Gasteiger partial charge in [-0.05, 0) is 30.0 Å². The molecule has 1 aliphatic rings. The van der Waals surface area contributed by atoms with Crippen molar-refractivity contribution in [3.8, 4) is 0 Å². The lowest BCUT2D eigenvalue weighted by Gasteiger charge is -2.31. The Morgan fingerprint density at radius 2 is 1.95 bits per heavy atom. The number of anilines is 1. The van der Waals surface area contributed by atoms with Crippen molar-refractivity contribution >= 4 is 15.7 Å². The van der Waals surface area contributed by atoms with Gasteiger partial charge in [0.1, 0.15) is 10.7 Å². The van der Waals surface area contributed by atoms with E-state index in [0.717, 1.165) is 12.1 Å². The predicted molar refractivity (Wildman–Crippen MR) is 81.7 cm³/mol. The standard InChI is InChI=1S/C15H21FN2O2S/c1-15(2,3)11-6-8-18(9-7-11)21(19,20)14-10-12(16)4-5-13(14)17/h4-6,10H,7-9,17H2,1-3H3. The van der Waals surface area contributed by atoms with Gasteiger partial charge >= 0.3 is 0 Å². The molecule has 0 fully saturated rings. The molecular weight excluding hydrogens is 291 g/mol. The van der Waals surface area contributed by atoms with Crippen molar-refractivity contribution in [1.82, 2.24) is 4.31 Å². The number of hydrogen-bond acceptors (Lipinski definition) is 3. The number of nitrogens with two attached hydrogens (primary N) is 1. The molecule has 2 rings (SSSR count). The Bertz CT molecular complexity index is 675. The summed E-state index contributed by atoms with van der Waals surface area (Å²) in [5.74, 6) is -0.606. The molecule has 0 saturated heterocycles. The monoisotopic (exact) mass is 312 g/mol. The summed E-state index contributed by atoms with van der Waals surface area (Å²) in [6.45, 7) is 7.00. The number of rotatable bonds is 2. The highest BCUT2D eigenvalue weighted by Gasteiger charge is 2.30. The SMILES string of the molecule is CC(C)(C)C1=CCN(S(=O)(=O)c2cc(F)ccc2N)CC1. The van der Waals surface area contributed by atoms with Crippen LogP contribution in [0, 0.1) is 11.2 Å². The highest BCUT2D eigenvalue weighted by molar-refractivity contribution is 7.89. The smallest absolute Gasteiger partial charge is 0.245 e.